The quantitative estimate of drug-likeness (QED) is 0.400. The van der Waals surface area contributed by atoms with E-state index in [4.69, 9.17) is 4.74 Å². The Labute approximate surface area is 214 Å². The number of piperidine rings is 1. The van der Waals surface area contributed by atoms with Crippen LogP contribution in [-0.4, -0.2) is 56.6 Å². The van der Waals surface area contributed by atoms with Gasteiger partial charge >= 0.3 is 6.09 Å². The van der Waals surface area contributed by atoms with Gasteiger partial charge in [-0.15, -0.1) is 0 Å². The first-order valence-corrected chi connectivity index (χ1v) is 13.6. The second kappa shape index (κ2) is 8.98. The molecule has 0 unspecified atom stereocenters. The summed E-state index contributed by atoms with van der Waals surface area (Å²) >= 11 is 0. The first kappa shape index (κ1) is 24.9. The van der Waals surface area contributed by atoms with Crippen LogP contribution in [0.15, 0.2) is 58.5 Å². The van der Waals surface area contributed by atoms with Crippen LogP contribution in [0.3, 0.4) is 0 Å². The van der Waals surface area contributed by atoms with Crippen molar-refractivity contribution in [1.82, 2.24) is 23.4 Å². The zero-order valence-electron chi connectivity index (χ0n) is 21.2. The van der Waals surface area contributed by atoms with E-state index in [9.17, 15) is 18.0 Å². The van der Waals surface area contributed by atoms with E-state index >= 15 is 0 Å². The van der Waals surface area contributed by atoms with Gasteiger partial charge in [0.1, 0.15) is 16.8 Å². The molecule has 1 aliphatic heterocycles. The lowest BCUT2D eigenvalue weighted by molar-refractivity contribution is 0.0188. The minimum absolute atomic E-state index is 0.142. The predicted molar refractivity (Wildman–Crippen MR) is 139 cm³/mol. The van der Waals surface area contributed by atoms with E-state index in [1.807, 2.05) is 20.8 Å². The standard InChI is InChI=1S/C26H29N5O5S/c1-17-24(32)31(18-10-13-29(14-11-18)25(33)36-26(2,3)4)22-20-12-15-30(23(20)27-16-21(22)28-17)37(34,35)19-8-6-5-7-9-19/h5-9,12,15-16,18H,10-11,13-14H2,1-4H3. The van der Waals surface area contributed by atoms with Crippen LogP contribution in [0.2, 0.25) is 0 Å². The molecule has 4 aromatic rings. The molecule has 11 heteroatoms. The Balaban J connectivity index is 1.58. The zero-order valence-corrected chi connectivity index (χ0v) is 22.0. The SMILES string of the molecule is Cc1nc2cnc3c(ccn3S(=O)(=O)c3ccccc3)c2n(C2CCN(C(=O)OC(C)(C)C)CC2)c1=O. The molecular weight excluding hydrogens is 494 g/mol. The summed E-state index contributed by atoms with van der Waals surface area (Å²) in [6.07, 6.45) is 3.69. The predicted octanol–water partition coefficient (Wildman–Crippen LogP) is 3.86. The van der Waals surface area contributed by atoms with Crippen LogP contribution in [0.5, 0.6) is 0 Å². The van der Waals surface area contributed by atoms with E-state index in [0.29, 0.717) is 48.0 Å². The van der Waals surface area contributed by atoms with Gasteiger partial charge in [0.2, 0.25) is 0 Å². The number of hydrogen-bond donors (Lipinski definition) is 0. The number of aromatic nitrogens is 4. The van der Waals surface area contributed by atoms with E-state index in [-0.39, 0.29) is 28.2 Å². The van der Waals surface area contributed by atoms with Gasteiger partial charge in [-0.25, -0.2) is 27.2 Å². The molecule has 0 saturated carbocycles. The van der Waals surface area contributed by atoms with Gasteiger partial charge in [0, 0.05) is 30.7 Å². The number of likely N-dealkylation sites (tertiary alicyclic amines) is 1. The third-order valence-corrected chi connectivity index (χ3v) is 8.15. The molecule has 1 fully saturated rings. The summed E-state index contributed by atoms with van der Waals surface area (Å²) in [5.41, 5.74) is 0.775. The van der Waals surface area contributed by atoms with Crippen molar-refractivity contribution >= 4 is 38.2 Å². The van der Waals surface area contributed by atoms with Gasteiger partial charge in [-0.3, -0.25) is 4.79 Å². The van der Waals surface area contributed by atoms with Gasteiger partial charge in [-0.05, 0) is 58.7 Å². The van der Waals surface area contributed by atoms with Crippen LogP contribution in [0.4, 0.5) is 4.79 Å². The lowest BCUT2D eigenvalue weighted by atomic mass is 10.0. The minimum atomic E-state index is -3.89. The maximum atomic E-state index is 13.4. The van der Waals surface area contributed by atoms with Crippen LogP contribution in [0.25, 0.3) is 22.1 Å². The number of carbonyl (C=O) groups excluding carboxylic acids is 1. The molecule has 1 aromatic carbocycles. The molecule has 37 heavy (non-hydrogen) atoms. The third kappa shape index (κ3) is 4.48. The van der Waals surface area contributed by atoms with Gasteiger partial charge < -0.3 is 14.2 Å². The number of rotatable bonds is 3. The van der Waals surface area contributed by atoms with E-state index in [1.165, 1.54) is 24.5 Å². The Morgan fingerprint density at radius 1 is 1.08 bits per heavy atom. The number of amides is 1. The number of pyridine rings is 1. The second-order valence-corrected chi connectivity index (χ2v) is 12.0. The van der Waals surface area contributed by atoms with Gasteiger partial charge in [-0.1, -0.05) is 18.2 Å². The summed E-state index contributed by atoms with van der Waals surface area (Å²) in [4.78, 5) is 36.6. The lowest BCUT2D eigenvalue weighted by Gasteiger charge is -2.34. The monoisotopic (exact) mass is 523 g/mol. The van der Waals surface area contributed by atoms with Crippen molar-refractivity contribution in [3.8, 4) is 0 Å². The van der Waals surface area contributed by atoms with Crippen molar-refractivity contribution in [3.63, 3.8) is 0 Å². The maximum Gasteiger partial charge on any atom is 0.410 e. The first-order valence-electron chi connectivity index (χ1n) is 12.1. The molecule has 0 bridgehead atoms. The van der Waals surface area contributed by atoms with Crippen molar-refractivity contribution in [1.29, 1.82) is 0 Å². The molecule has 0 atom stereocenters. The van der Waals surface area contributed by atoms with Crippen LogP contribution in [-0.2, 0) is 14.8 Å². The highest BCUT2D eigenvalue weighted by Gasteiger charge is 2.30. The summed E-state index contributed by atoms with van der Waals surface area (Å²) in [5.74, 6) is 0. The van der Waals surface area contributed by atoms with Gasteiger partial charge in [-0.2, -0.15) is 0 Å². The molecule has 1 aliphatic rings. The van der Waals surface area contributed by atoms with Crippen LogP contribution in [0.1, 0.15) is 45.3 Å². The number of benzene rings is 1. The molecule has 3 aromatic heterocycles. The molecule has 0 spiro atoms. The zero-order chi connectivity index (χ0) is 26.5. The van der Waals surface area contributed by atoms with Crippen molar-refractivity contribution in [2.75, 3.05) is 13.1 Å². The maximum absolute atomic E-state index is 13.4. The van der Waals surface area contributed by atoms with E-state index in [1.54, 1.807) is 40.7 Å². The van der Waals surface area contributed by atoms with Crippen LogP contribution < -0.4 is 5.56 Å². The van der Waals surface area contributed by atoms with E-state index in [2.05, 4.69) is 9.97 Å². The Hall–Kier alpha value is -3.73. The summed E-state index contributed by atoms with van der Waals surface area (Å²) in [5, 5.41) is 0.524. The van der Waals surface area contributed by atoms with E-state index < -0.39 is 15.6 Å². The van der Waals surface area contributed by atoms with Crippen LogP contribution in [0, 0.1) is 6.92 Å². The number of hydrogen-bond acceptors (Lipinski definition) is 7. The fourth-order valence-electron chi connectivity index (χ4n) is 4.76. The summed E-state index contributed by atoms with van der Waals surface area (Å²) < 4.78 is 35.0. The first-order chi connectivity index (χ1) is 17.5. The Kier molecular flexibility index (Phi) is 6.06. The van der Waals surface area contributed by atoms with Gasteiger partial charge in [0.25, 0.3) is 15.6 Å². The molecule has 1 saturated heterocycles. The topological polar surface area (TPSA) is 116 Å². The highest BCUT2D eigenvalue weighted by Crippen LogP contribution is 2.31. The molecule has 1 amide bonds. The smallest absolute Gasteiger partial charge is 0.410 e. The molecular formula is C26H29N5O5S. The molecule has 0 aliphatic carbocycles. The van der Waals surface area contributed by atoms with Crippen molar-refractivity contribution in [2.24, 2.45) is 0 Å². The number of aryl methyl sites for hydroxylation is 1. The van der Waals surface area contributed by atoms with Crippen molar-refractivity contribution in [3.05, 3.63) is 64.8 Å². The minimum Gasteiger partial charge on any atom is -0.444 e. The molecule has 194 valence electrons. The van der Waals surface area contributed by atoms with Crippen molar-refractivity contribution < 1.29 is 17.9 Å². The number of fused-ring (bicyclic) bond motifs is 3. The van der Waals surface area contributed by atoms with Crippen molar-refractivity contribution in [2.45, 2.75) is 57.1 Å². The Morgan fingerprint density at radius 3 is 2.41 bits per heavy atom. The normalized spacial score (nSPS) is 15.4. The number of carbonyl (C=O) groups is 1. The molecule has 0 N–H and O–H groups in total. The largest absolute Gasteiger partial charge is 0.444 e. The third-order valence-electron chi connectivity index (χ3n) is 6.47. The highest BCUT2D eigenvalue weighted by atomic mass is 32.2. The van der Waals surface area contributed by atoms with Crippen LogP contribution >= 0.6 is 0 Å². The molecule has 5 rings (SSSR count). The summed E-state index contributed by atoms with van der Waals surface area (Å²) in [7, 11) is -3.89. The van der Waals surface area contributed by atoms with Gasteiger partial charge in [0.15, 0.2) is 5.65 Å². The summed E-state index contributed by atoms with van der Waals surface area (Å²) in [6.45, 7) is 8.01. The fraction of sp³-hybridized carbons (Fsp3) is 0.385. The summed E-state index contributed by atoms with van der Waals surface area (Å²) in [6, 6.07) is 9.59. The van der Waals surface area contributed by atoms with E-state index in [0.717, 1.165) is 3.97 Å². The second-order valence-electron chi connectivity index (χ2n) is 10.2. The molecule has 10 nitrogen and oxygen atoms in total. The molecule has 0 radical (unpaired) electrons. The Bertz CT molecular complexity index is 1660. The number of nitrogens with zero attached hydrogens (tertiary/aromatic N) is 5. The lowest BCUT2D eigenvalue weighted by Crippen LogP contribution is -2.43. The molecule has 4 heterocycles. The average molecular weight is 524 g/mol. The Morgan fingerprint density at radius 2 is 1.76 bits per heavy atom. The fourth-order valence-corrected chi connectivity index (χ4v) is 6.08. The average Bonchev–Trinajstić information content (AvgIpc) is 3.30. The highest BCUT2D eigenvalue weighted by molar-refractivity contribution is 7.90. The van der Waals surface area contributed by atoms with Gasteiger partial charge in [0.05, 0.1) is 16.6 Å². The number of ether oxygens (including phenoxy) is 1.